The summed E-state index contributed by atoms with van der Waals surface area (Å²) in [5.74, 6) is 1.32. The van der Waals surface area contributed by atoms with Gasteiger partial charge in [0.25, 0.3) is 0 Å². The number of nitrogens with one attached hydrogen (secondary N) is 2. The number of aromatic nitrogens is 2. The molecule has 3 aromatic rings. The molecule has 0 saturated carbocycles. The van der Waals surface area contributed by atoms with E-state index < -0.39 is 0 Å². The number of benzene rings is 2. The first-order valence-electron chi connectivity index (χ1n) is 10.6. The van der Waals surface area contributed by atoms with E-state index in [0.717, 1.165) is 55.4 Å². The van der Waals surface area contributed by atoms with Gasteiger partial charge in [0.15, 0.2) is 0 Å². The molecule has 0 unspecified atom stereocenters. The largest absolute Gasteiger partial charge is 0.354 e. The topological polar surface area (TPSA) is 73.4 Å². The Morgan fingerprint density at radius 3 is 2.48 bits per heavy atom. The molecule has 7 heteroatoms. The van der Waals surface area contributed by atoms with Crippen LogP contribution in [0.2, 0.25) is 0 Å². The maximum absolute atomic E-state index is 12.4. The van der Waals surface area contributed by atoms with E-state index in [2.05, 4.69) is 54.7 Å². The molecule has 0 aliphatic carbocycles. The zero-order valence-electron chi connectivity index (χ0n) is 18.0. The maximum Gasteiger partial charge on any atom is 0.324 e. The average Bonchev–Trinajstić information content (AvgIpc) is 2.78. The fraction of sp³-hybridized carbons (Fsp3) is 0.292. The summed E-state index contributed by atoms with van der Waals surface area (Å²) in [6.45, 7) is 8.68. The van der Waals surface area contributed by atoms with Gasteiger partial charge in [-0.1, -0.05) is 42.5 Å². The number of carbonyl (C=O) groups is 1. The monoisotopic (exact) mass is 416 g/mol. The third kappa shape index (κ3) is 5.38. The second kappa shape index (κ2) is 9.57. The highest BCUT2D eigenvalue weighted by atomic mass is 16.2. The van der Waals surface area contributed by atoms with Crippen LogP contribution in [0.5, 0.6) is 0 Å². The standard InChI is InChI=1S/C24H28N6O/c1-18-7-6-10-21(19(18)2)27-24(31)28-22-15-23(26-17-25-22)30-13-11-29(12-14-30)16-20-8-4-3-5-9-20/h3-10,15,17H,11-14,16H2,1-2H3,(H2,25,26,27,28,31). The number of hydrogen-bond acceptors (Lipinski definition) is 5. The van der Waals surface area contributed by atoms with Crippen molar-refractivity contribution in [2.75, 3.05) is 41.7 Å². The van der Waals surface area contributed by atoms with Crippen molar-refractivity contribution in [1.82, 2.24) is 14.9 Å². The number of carbonyl (C=O) groups excluding carboxylic acids is 1. The predicted molar refractivity (Wildman–Crippen MR) is 125 cm³/mol. The van der Waals surface area contributed by atoms with Gasteiger partial charge in [-0.2, -0.15) is 0 Å². The molecule has 2 N–H and O–H groups in total. The average molecular weight is 417 g/mol. The molecule has 0 bridgehead atoms. The molecule has 1 aliphatic heterocycles. The Labute approximate surface area is 183 Å². The molecule has 0 spiro atoms. The molecule has 1 aromatic heterocycles. The molecule has 2 amide bonds. The number of nitrogens with zero attached hydrogens (tertiary/aromatic N) is 4. The second-order valence-corrected chi connectivity index (χ2v) is 7.84. The van der Waals surface area contributed by atoms with Crippen LogP contribution in [0.3, 0.4) is 0 Å². The van der Waals surface area contributed by atoms with Crippen LogP contribution in [0.4, 0.5) is 22.1 Å². The van der Waals surface area contributed by atoms with Crippen molar-refractivity contribution in [1.29, 1.82) is 0 Å². The van der Waals surface area contributed by atoms with Gasteiger partial charge < -0.3 is 10.2 Å². The minimum atomic E-state index is -0.314. The van der Waals surface area contributed by atoms with E-state index in [9.17, 15) is 4.79 Å². The normalized spacial score (nSPS) is 14.3. The Hall–Kier alpha value is -3.45. The highest BCUT2D eigenvalue weighted by Gasteiger charge is 2.19. The molecule has 160 valence electrons. The van der Waals surface area contributed by atoms with Crippen LogP contribution in [-0.2, 0) is 6.54 Å². The number of aryl methyl sites for hydroxylation is 1. The lowest BCUT2D eigenvalue weighted by Crippen LogP contribution is -2.46. The lowest BCUT2D eigenvalue weighted by molar-refractivity contribution is 0.249. The van der Waals surface area contributed by atoms with Crippen LogP contribution in [0.1, 0.15) is 16.7 Å². The number of anilines is 3. The molecule has 31 heavy (non-hydrogen) atoms. The molecule has 1 aliphatic rings. The molecule has 2 heterocycles. The van der Waals surface area contributed by atoms with E-state index in [1.54, 1.807) is 0 Å². The second-order valence-electron chi connectivity index (χ2n) is 7.84. The van der Waals surface area contributed by atoms with Crippen LogP contribution in [0, 0.1) is 13.8 Å². The molecular formula is C24H28N6O. The zero-order valence-corrected chi connectivity index (χ0v) is 18.0. The van der Waals surface area contributed by atoms with Gasteiger partial charge in [0.1, 0.15) is 18.0 Å². The Morgan fingerprint density at radius 1 is 0.935 bits per heavy atom. The fourth-order valence-electron chi connectivity index (χ4n) is 3.72. The highest BCUT2D eigenvalue weighted by molar-refractivity contribution is 5.99. The van der Waals surface area contributed by atoms with Crippen LogP contribution < -0.4 is 15.5 Å². The van der Waals surface area contributed by atoms with E-state index in [1.165, 1.54) is 11.9 Å². The number of rotatable bonds is 5. The molecular weight excluding hydrogens is 388 g/mol. The number of hydrogen-bond donors (Lipinski definition) is 2. The predicted octanol–water partition coefficient (Wildman–Crippen LogP) is 4.06. The number of urea groups is 1. The van der Waals surface area contributed by atoms with E-state index in [4.69, 9.17) is 0 Å². The molecule has 4 rings (SSSR count). The molecule has 2 aromatic carbocycles. The summed E-state index contributed by atoms with van der Waals surface area (Å²) in [7, 11) is 0. The van der Waals surface area contributed by atoms with Gasteiger partial charge in [-0.25, -0.2) is 14.8 Å². The van der Waals surface area contributed by atoms with Crippen LogP contribution in [0.15, 0.2) is 60.9 Å². The van der Waals surface area contributed by atoms with Crippen molar-refractivity contribution < 1.29 is 4.79 Å². The van der Waals surface area contributed by atoms with Gasteiger partial charge in [0, 0.05) is 44.5 Å². The zero-order chi connectivity index (χ0) is 21.6. The smallest absolute Gasteiger partial charge is 0.324 e. The van der Waals surface area contributed by atoms with E-state index in [-0.39, 0.29) is 6.03 Å². The van der Waals surface area contributed by atoms with Gasteiger partial charge in [-0.3, -0.25) is 10.2 Å². The van der Waals surface area contributed by atoms with E-state index in [1.807, 2.05) is 44.2 Å². The van der Waals surface area contributed by atoms with Crippen LogP contribution in [0.25, 0.3) is 0 Å². The maximum atomic E-state index is 12.4. The van der Waals surface area contributed by atoms with Crippen LogP contribution in [-0.4, -0.2) is 47.1 Å². The summed E-state index contributed by atoms with van der Waals surface area (Å²) in [6, 6.07) is 17.9. The molecule has 0 radical (unpaired) electrons. The van der Waals surface area contributed by atoms with Crippen molar-refractivity contribution in [2.24, 2.45) is 0 Å². The lowest BCUT2D eigenvalue weighted by Gasteiger charge is -2.35. The SMILES string of the molecule is Cc1cccc(NC(=O)Nc2cc(N3CCN(Cc4ccccc4)CC3)ncn2)c1C. The molecule has 7 nitrogen and oxygen atoms in total. The molecule has 0 atom stereocenters. The highest BCUT2D eigenvalue weighted by Crippen LogP contribution is 2.20. The molecule has 1 fully saturated rings. The van der Waals surface area contributed by atoms with Crippen molar-refractivity contribution in [3.8, 4) is 0 Å². The van der Waals surface area contributed by atoms with Gasteiger partial charge in [-0.15, -0.1) is 0 Å². The fourth-order valence-corrected chi connectivity index (χ4v) is 3.72. The quantitative estimate of drug-likeness (QED) is 0.656. The van der Waals surface area contributed by atoms with Crippen molar-refractivity contribution in [3.63, 3.8) is 0 Å². The Kier molecular flexibility index (Phi) is 6.43. The summed E-state index contributed by atoms with van der Waals surface area (Å²) >= 11 is 0. The Bertz CT molecular complexity index is 1030. The van der Waals surface area contributed by atoms with Gasteiger partial charge in [0.2, 0.25) is 0 Å². The van der Waals surface area contributed by atoms with E-state index in [0.29, 0.717) is 5.82 Å². The summed E-state index contributed by atoms with van der Waals surface area (Å²) in [5.41, 5.74) is 4.31. The van der Waals surface area contributed by atoms with Gasteiger partial charge in [0.05, 0.1) is 0 Å². The first-order chi connectivity index (χ1) is 15.1. The third-order valence-corrected chi connectivity index (χ3v) is 5.69. The van der Waals surface area contributed by atoms with Crippen LogP contribution >= 0.6 is 0 Å². The molecule has 1 saturated heterocycles. The lowest BCUT2D eigenvalue weighted by atomic mass is 10.1. The van der Waals surface area contributed by atoms with Crippen molar-refractivity contribution in [2.45, 2.75) is 20.4 Å². The van der Waals surface area contributed by atoms with Gasteiger partial charge >= 0.3 is 6.03 Å². The summed E-state index contributed by atoms with van der Waals surface area (Å²) < 4.78 is 0. The minimum Gasteiger partial charge on any atom is -0.354 e. The van der Waals surface area contributed by atoms with E-state index >= 15 is 0 Å². The third-order valence-electron chi connectivity index (χ3n) is 5.69. The number of amides is 2. The Balaban J connectivity index is 1.33. The minimum absolute atomic E-state index is 0.314. The first kappa shape index (κ1) is 20.8. The summed E-state index contributed by atoms with van der Waals surface area (Å²) in [6.07, 6.45) is 1.50. The first-order valence-corrected chi connectivity index (χ1v) is 10.6. The van der Waals surface area contributed by atoms with Gasteiger partial charge in [-0.05, 0) is 36.6 Å². The number of piperazine rings is 1. The summed E-state index contributed by atoms with van der Waals surface area (Å²) in [4.78, 5) is 25.7. The van der Waals surface area contributed by atoms with Crippen molar-refractivity contribution in [3.05, 3.63) is 77.6 Å². The van der Waals surface area contributed by atoms with Crippen molar-refractivity contribution >= 4 is 23.4 Å². The Morgan fingerprint density at radius 2 is 1.71 bits per heavy atom. The summed E-state index contributed by atoms with van der Waals surface area (Å²) in [5, 5.41) is 5.72.